The monoisotopic (exact) mass is 379 g/mol. The highest BCUT2D eigenvalue weighted by molar-refractivity contribution is 5.72. The number of amides is 1. The lowest BCUT2D eigenvalue weighted by molar-refractivity contribution is -0.151. The van der Waals surface area contributed by atoms with E-state index in [1.165, 1.54) is 0 Å². The number of hydrogen-bond acceptors (Lipinski definition) is 4. The molecule has 1 N–H and O–H groups in total. The van der Waals surface area contributed by atoms with Gasteiger partial charge in [0.15, 0.2) is 0 Å². The van der Waals surface area contributed by atoms with Crippen molar-refractivity contribution in [3.63, 3.8) is 0 Å². The first-order valence-electron chi connectivity index (χ1n) is 9.54. The fraction of sp³-hybridized carbons (Fsp3) is 0.619. The molecule has 6 heteroatoms. The van der Waals surface area contributed by atoms with Crippen molar-refractivity contribution in [3.05, 3.63) is 35.9 Å². The Morgan fingerprint density at radius 1 is 1.15 bits per heavy atom. The normalized spacial score (nSPS) is 21.2. The van der Waals surface area contributed by atoms with E-state index in [4.69, 9.17) is 9.47 Å². The van der Waals surface area contributed by atoms with Crippen molar-refractivity contribution in [2.45, 2.75) is 64.7 Å². The second-order valence-electron chi connectivity index (χ2n) is 8.11. The Kier molecular flexibility index (Phi) is 7.63. The zero-order valence-corrected chi connectivity index (χ0v) is 16.4. The van der Waals surface area contributed by atoms with Crippen LogP contribution in [0.5, 0.6) is 0 Å². The van der Waals surface area contributed by atoms with Crippen molar-refractivity contribution in [1.29, 1.82) is 0 Å². The van der Waals surface area contributed by atoms with Crippen molar-refractivity contribution in [2.75, 3.05) is 6.67 Å². The molecule has 1 amide bonds. The van der Waals surface area contributed by atoms with Crippen LogP contribution in [0.15, 0.2) is 30.3 Å². The molecule has 1 aliphatic carbocycles. The highest BCUT2D eigenvalue weighted by atomic mass is 19.1. The van der Waals surface area contributed by atoms with E-state index < -0.39 is 24.4 Å². The molecule has 5 nitrogen and oxygen atoms in total. The third kappa shape index (κ3) is 7.19. The van der Waals surface area contributed by atoms with Crippen LogP contribution in [-0.4, -0.2) is 30.4 Å². The molecule has 0 bridgehead atoms. The Hall–Kier alpha value is -2.11. The molecule has 1 aromatic carbocycles. The highest BCUT2D eigenvalue weighted by Crippen LogP contribution is 2.32. The number of alkyl halides is 1. The van der Waals surface area contributed by atoms with E-state index in [1.807, 2.05) is 30.3 Å². The lowest BCUT2D eigenvalue weighted by Crippen LogP contribution is -2.45. The summed E-state index contributed by atoms with van der Waals surface area (Å²) in [6, 6.07) is 8.98. The molecule has 0 heterocycles. The SMILES string of the molecule is CC(C)(C)OC(=O)N[C@H](CF)C1CCC(C(=O)OCc2ccccc2)CC1. The van der Waals surface area contributed by atoms with E-state index in [0.717, 1.165) is 5.56 Å². The van der Waals surface area contributed by atoms with Crippen LogP contribution >= 0.6 is 0 Å². The molecule has 0 spiro atoms. The minimum absolute atomic E-state index is 0.000640. The van der Waals surface area contributed by atoms with Gasteiger partial charge < -0.3 is 14.8 Å². The van der Waals surface area contributed by atoms with Gasteiger partial charge in [0.05, 0.1) is 12.0 Å². The minimum atomic E-state index is -0.646. The molecular formula is C21H30FNO4. The molecular weight excluding hydrogens is 349 g/mol. The number of carbonyl (C=O) groups excluding carboxylic acids is 2. The van der Waals surface area contributed by atoms with E-state index in [1.54, 1.807) is 20.8 Å². The number of alkyl carbamates (subject to hydrolysis) is 1. The molecule has 0 aromatic heterocycles. The topological polar surface area (TPSA) is 64.6 Å². The molecule has 0 aliphatic heterocycles. The van der Waals surface area contributed by atoms with Gasteiger partial charge in [-0.05, 0) is 57.9 Å². The molecule has 150 valence electrons. The largest absolute Gasteiger partial charge is 0.461 e. The first-order valence-corrected chi connectivity index (χ1v) is 9.54. The number of hydrogen-bond donors (Lipinski definition) is 1. The van der Waals surface area contributed by atoms with E-state index >= 15 is 0 Å². The number of ether oxygens (including phenoxy) is 2. The first-order chi connectivity index (χ1) is 12.8. The molecule has 1 aromatic rings. The number of halogens is 1. The van der Waals surface area contributed by atoms with Gasteiger partial charge in [-0.15, -0.1) is 0 Å². The summed E-state index contributed by atoms with van der Waals surface area (Å²) < 4.78 is 24.0. The van der Waals surface area contributed by atoms with Crippen molar-refractivity contribution in [1.82, 2.24) is 5.32 Å². The van der Waals surface area contributed by atoms with Crippen molar-refractivity contribution in [2.24, 2.45) is 11.8 Å². The predicted octanol–water partition coefficient (Wildman–Crippen LogP) is 4.40. The van der Waals surface area contributed by atoms with Crippen molar-refractivity contribution in [3.8, 4) is 0 Å². The summed E-state index contributed by atoms with van der Waals surface area (Å²) in [5, 5.41) is 2.63. The van der Waals surface area contributed by atoms with Gasteiger partial charge in [0.1, 0.15) is 18.9 Å². The quantitative estimate of drug-likeness (QED) is 0.744. The fourth-order valence-corrected chi connectivity index (χ4v) is 3.35. The highest BCUT2D eigenvalue weighted by Gasteiger charge is 2.33. The molecule has 1 fully saturated rings. The Labute approximate surface area is 160 Å². The van der Waals surface area contributed by atoms with Crippen LogP contribution < -0.4 is 5.32 Å². The van der Waals surface area contributed by atoms with Crippen LogP contribution in [0, 0.1) is 11.8 Å². The van der Waals surface area contributed by atoms with E-state index in [9.17, 15) is 14.0 Å². The zero-order valence-electron chi connectivity index (χ0n) is 16.4. The number of esters is 1. The van der Waals surface area contributed by atoms with Gasteiger partial charge in [0.2, 0.25) is 0 Å². The van der Waals surface area contributed by atoms with E-state index in [0.29, 0.717) is 25.7 Å². The number of benzene rings is 1. The van der Waals surface area contributed by atoms with Crippen LogP contribution in [0.25, 0.3) is 0 Å². The molecule has 2 rings (SSSR count). The summed E-state index contributed by atoms with van der Waals surface area (Å²) in [6.45, 7) is 4.93. The predicted molar refractivity (Wildman–Crippen MR) is 101 cm³/mol. The lowest BCUT2D eigenvalue weighted by atomic mass is 9.79. The van der Waals surface area contributed by atoms with E-state index in [-0.39, 0.29) is 24.4 Å². The van der Waals surface area contributed by atoms with Crippen LogP contribution in [0.1, 0.15) is 52.0 Å². The number of carbonyl (C=O) groups is 2. The standard InChI is InChI=1S/C21H30FNO4/c1-21(2,3)27-20(25)23-18(13-22)16-9-11-17(12-10-16)19(24)26-14-15-7-5-4-6-8-15/h4-8,16-18H,9-14H2,1-3H3,(H,23,25)/t16?,17?,18-/m1/s1. The fourth-order valence-electron chi connectivity index (χ4n) is 3.35. The molecule has 1 saturated carbocycles. The Morgan fingerprint density at radius 2 is 1.78 bits per heavy atom. The Morgan fingerprint density at radius 3 is 2.33 bits per heavy atom. The summed E-state index contributed by atoms with van der Waals surface area (Å²) in [5.41, 5.74) is 0.337. The van der Waals surface area contributed by atoms with Gasteiger partial charge in [-0.1, -0.05) is 30.3 Å². The maximum atomic E-state index is 13.4. The summed E-state index contributed by atoms with van der Waals surface area (Å²) in [7, 11) is 0. The molecule has 1 aliphatic rings. The average Bonchev–Trinajstić information content (AvgIpc) is 2.64. The van der Waals surface area contributed by atoms with Gasteiger partial charge in [-0.2, -0.15) is 0 Å². The Bertz CT molecular complexity index is 606. The van der Waals surface area contributed by atoms with Gasteiger partial charge in [0, 0.05) is 0 Å². The molecule has 27 heavy (non-hydrogen) atoms. The second-order valence-corrected chi connectivity index (χ2v) is 8.11. The van der Waals surface area contributed by atoms with Gasteiger partial charge >= 0.3 is 12.1 Å². The smallest absolute Gasteiger partial charge is 0.407 e. The second kappa shape index (κ2) is 9.72. The summed E-state index contributed by atoms with van der Waals surface area (Å²) in [5.74, 6) is -0.360. The van der Waals surface area contributed by atoms with E-state index in [2.05, 4.69) is 5.32 Å². The van der Waals surface area contributed by atoms with Gasteiger partial charge in [-0.25, -0.2) is 9.18 Å². The maximum Gasteiger partial charge on any atom is 0.407 e. The summed E-state index contributed by atoms with van der Waals surface area (Å²) >= 11 is 0. The molecule has 0 unspecified atom stereocenters. The van der Waals surface area contributed by atoms with Crippen LogP contribution in [0.4, 0.5) is 9.18 Å². The van der Waals surface area contributed by atoms with Crippen LogP contribution in [0.2, 0.25) is 0 Å². The third-order valence-electron chi connectivity index (χ3n) is 4.77. The van der Waals surface area contributed by atoms with Crippen molar-refractivity contribution >= 4 is 12.1 Å². The van der Waals surface area contributed by atoms with Crippen molar-refractivity contribution < 1.29 is 23.5 Å². The minimum Gasteiger partial charge on any atom is -0.461 e. The Balaban J connectivity index is 1.77. The van der Waals surface area contributed by atoms with Crippen LogP contribution in [0.3, 0.4) is 0 Å². The van der Waals surface area contributed by atoms with Gasteiger partial charge in [-0.3, -0.25) is 4.79 Å². The van der Waals surface area contributed by atoms with Crippen LogP contribution in [-0.2, 0) is 20.9 Å². The summed E-state index contributed by atoms with van der Waals surface area (Å²) in [4.78, 5) is 24.2. The maximum absolute atomic E-state index is 13.4. The summed E-state index contributed by atoms with van der Waals surface area (Å²) in [6.07, 6.45) is 2.04. The molecule has 0 saturated heterocycles. The molecule has 0 radical (unpaired) electrons. The number of rotatable bonds is 6. The van der Waals surface area contributed by atoms with Gasteiger partial charge in [0.25, 0.3) is 0 Å². The molecule has 1 atom stereocenters. The zero-order chi connectivity index (χ0) is 19.9. The average molecular weight is 379 g/mol. The first kappa shape index (κ1) is 21.2. The third-order valence-corrected chi connectivity index (χ3v) is 4.77. The lowest BCUT2D eigenvalue weighted by Gasteiger charge is -2.32. The number of nitrogens with one attached hydrogen (secondary N) is 1.